The van der Waals surface area contributed by atoms with Crippen LogP contribution in [-0.2, 0) is 13.0 Å². The molecule has 0 unspecified atom stereocenters. The van der Waals surface area contributed by atoms with Crippen molar-refractivity contribution in [2.75, 3.05) is 12.3 Å². The summed E-state index contributed by atoms with van der Waals surface area (Å²) in [6, 6.07) is 9.74. The molecule has 116 valence electrons. The SMILES string of the molecule is CC(C)Cc1c(N)cc(C#N)n1CCOc1ccc(F)cc1. The van der Waals surface area contributed by atoms with Gasteiger partial charge in [-0.3, -0.25) is 0 Å². The molecule has 0 aliphatic heterocycles. The molecule has 4 nitrogen and oxygen atoms in total. The number of ether oxygens (including phenoxy) is 1. The molecule has 0 radical (unpaired) electrons. The monoisotopic (exact) mass is 301 g/mol. The molecule has 1 aromatic heterocycles. The molecule has 0 fully saturated rings. The Morgan fingerprint density at radius 3 is 2.59 bits per heavy atom. The highest BCUT2D eigenvalue weighted by molar-refractivity contribution is 5.50. The lowest BCUT2D eigenvalue weighted by atomic mass is 10.1. The van der Waals surface area contributed by atoms with E-state index in [2.05, 4.69) is 19.9 Å². The van der Waals surface area contributed by atoms with Crippen LogP contribution in [0.3, 0.4) is 0 Å². The van der Waals surface area contributed by atoms with Gasteiger partial charge in [-0.1, -0.05) is 13.8 Å². The first-order chi connectivity index (χ1) is 10.5. The van der Waals surface area contributed by atoms with Crippen molar-refractivity contribution >= 4 is 5.69 Å². The summed E-state index contributed by atoms with van der Waals surface area (Å²) in [7, 11) is 0. The molecular weight excluding hydrogens is 281 g/mol. The van der Waals surface area contributed by atoms with Gasteiger partial charge in [-0.25, -0.2) is 4.39 Å². The van der Waals surface area contributed by atoms with Gasteiger partial charge in [0.05, 0.1) is 12.2 Å². The highest BCUT2D eigenvalue weighted by atomic mass is 19.1. The summed E-state index contributed by atoms with van der Waals surface area (Å²) in [6.07, 6.45) is 0.810. The van der Waals surface area contributed by atoms with Crippen LogP contribution in [0.4, 0.5) is 10.1 Å². The van der Waals surface area contributed by atoms with Gasteiger partial charge in [-0.15, -0.1) is 0 Å². The second-order valence-electron chi connectivity index (χ2n) is 5.60. The maximum absolute atomic E-state index is 12.8. The maximum Gasteiger partial charge on any atom is 0.123 e. The Balaban J connectivity index is 2.08. The molecule has 0 saturated heterocycles. The average Bonchev–Trinajstić information content (AvgIpc) is 2.77. The van der Waals surface area contributed by atoms with Crippen LogP contribution in [0.2, 0.25) is 0 Å². The van der Waals surface area contributed by atoms with Gasteiger partial charge in [-0.05, 0) is 42.7 Å². The Kier molecular flexibility index (Phi) is 5.05. The van der Waals surface area contributed by atoms with E-state index in [1.54, 1.807) is 18.2 Å². The number of halogens is 1. The third-order valence-electron chi connectivity index (χ3n) is 3.36. The maximum atomic E-state index is 12.8. The van der Waals surface area contributed by atoms with Gasteiger partial charge < -0.3 is 15.0 Å². The van der Waals surface area contributed by atoms with Crippen molar-refractivity contribution in [2.24, 2.45) is 5.92 Å². The fraction of sp³-hybridized carbons (Fsp3) is 0.353. The number of nitrogens with zero attached hydrogens (tertiary/aromatic N) is 2. The molecule has 0 aliphatic carbocycles. The first-order valence-electron chi connectivity index (χ1n) is 7.27. The molecule has 0 saturated carbocycles. The van der Waals surface area contributed by atoms with E-state index >= 15 is 0 Å². The molecule has 0 aliphatic rings. The zero-order valence-electron chi connectivity index (χ0n) is 12.8. The van der Waals surface area contributed by atoms with Gasteiger partial charge >= 0.3 is 0 Å². The quantitative estimate of drug-likeness (QED) is 0.889. The van der Waals surface area contributed by atoms with E-state index in [9.17, 15) is 9.65 Å². The second kappa shape index (κ2) is 6.99. The lowest BCUT2D eigenvalue weighted by Gasteiger charge is -2.14. The predicted octanol–water partition coefficient (Wildman–Crippen LogP) is 3.36. The van der Waals surface area contributed by atoms with E-state index in [-0.39, 0.29) is 5.82 Å². The largest absolute Gasteiger partial charge is 0.492 e. The Labute approximate surface area is 129 Å². The van der Waals surface area contributed by atoms with E-state index < -0.39 is 0 Å². The van der Waals surface area contributed by atoms with Crippen LogP contribution < -0.4 is 10.5 Å². The topological polar surface area (TPSA) is 64.0 Å². The molecule has 2 N–H and O–H groups in total. The minimum absolute atomic E-state index is 0.295. The second-order valence-corrected chi connectivity index (χ2v) is 5.60. The van der Waals surface area contributed by atoms with E-state index in [0.29, 0.717) is 36.2 Å². The van der Waals surface area contributed by atoms with Gasteiger partial charge in [0.2, 0.25) is 0 Å². The summed E-state index contributed by atoms with van der Waals surface area (Å²) in [5, 5.41) is 9.23. The molecule has 22 heavy (non-hydrogen) atoms. The van der Waals surface area contributed by atoms with Gasteiger partial charge in [0.1, 0.15) is 29.9 Å². The van der Waals surface area contributed by atoms with Crippen LogP contribution >= 0.6 is 0 Å². The van der Waals surface area contributed by atoms with Crippen LogP contribution in [0.15, 0.2) is 30.3 Å². The summed E-state index contributed by atoms with van der Waals surface area (Å²) in [6.45, 7) is 5.13. The first kappa shape index (κ1) is 15.9. The Hall–Kier alpha value is -2.48. The predicted molar refractivity (Wildman–Crippen MR) is 84.0 cm³/mol. The normalized spacial score (nSPS) is 10.7. The van der Waals surface area contributed by atoms with Crippen molar-refractivity contribution in [3.05, 3.63) is 47.5 Å². The standard InChI is InChI=1S/C17H20FN3O/c1-12(2)9-17-16(20)10-14(11-19)21(17)7-8-22-15-5-3-13(18)4-6-15/h3-6,10,12H,7-9,20H2,1-2H3. The summed E-state index contributed by atoms with van der Waals surface area (Å²) < 4.78 is 20.3. The third kappa shape index (κ3) is 3.79. The van der Waals surface area contributed by atoms with Crippen LogP contribution in [0.25, 0.3) is 0 Å². The number of aromatic nitrogens is 1. The van der Waals surface area contributed by atoms with Crippen LogP contribution in [0.5, 0.6) is 5.75 Å². The fourth-order valence-electron chi connectivity index (χ4n) is 2.36. The lowest BCUT2D eigenvalue weighted by Crippen LogP contribution is -2.14. The highest BCUT2D eigenvalue weighted by Crippen LogP contribution is 2.21. The Morgan fingerprint density at radius 2 is 2.00 bits per heavy atom. The fourth-order valence-corrected chi connectivity index (χ4v) is 2.36. The average molecular weight is 301 g/mol. The zero-order chi connectivity index (χ0) is 16.1. The van der Waals surface area contributed by atoms with Gasteiger partial charge in [0.15, 0.2) is 0 Å². The minimum atomic E-state index is -0.295. The van der Waals surface area contributed by atoms with Crippen molar-refractivity contribution < 1.29 is 9.13 Å². The Morgan fingerprint density at radius 1 is 1.32 bits per heavy atom. The molecule has 0 atom stereocenters. The molecule has 0 spiro atoms. The first-order valence-corrected chi connectivity index (χ1v) is 7.27. The molecule has 5 heteroatoms. The van der Waals surface area contributed by atoms with Gasteiger partial charge in [0.25, 0.3) is 0 Å². The number of hydrogen-bond acceptors (Lipinski definition) is 3. The van der Waals surface area contributed by atoms with E-state index in [1.165, 1.54) is 12.1 Å². The summed E-state index contributed by atoms with van der Waals surface area (Å²) in [4.78, 5) is 0. The number of hydrogen-bond donors (Lipinski definition) is 1. The lowest BCUT2D eigenvalue weighted by molar-refractivity contribution is 0.295. The molecule has 0 amide bonds. The molecule has 2 rings (SSSR count). The number of nitrogens with two attached hydrogens (primary N) is 1. The molecule has 0 bridgehead atoms. The summed E-state index contributed by atoms with van der Waals surface area (Å²) in [5.74, 6) is 0.752. The van der Waals surface area contributed by atoms with Crippen LogP contribution in [-0.4, -0.2) is 11.2 Å². The molecule has 1 heterocycles. The van der Waals surface area contributed by atoms with Crippen molar-refractivity contribution in [1.82, 2.24) is 4.57 Å². The van der Waals surface area contributed by atoms with Crippen molar-refractivity contribution in [3.8, 4) is 11.8 Å². The highest BCUT2D eigenvalue weighted by Gasteiger charge is 2.14. The Bertz CT molecular complexity index is 668. The number of nitrogen functional groups attached to an aromatic ring is 1. The smallest absolute Gasteiger partial charge is 0.123 e. The van der Waals surface area contributed by atoms with Crippen LogP contribution in [0.1, 0.15) is 25.2 Å². The number of rotatable bonds is 6. The molecule has 2 aromatic rings. The van der Waals surface area contributed by atoms with Crippen molar-refractivity contribution in [1.29, 1.82) is 5.26 Å². The van der Waals surface area contributed by atoms with Gasteiger partial charge in [-0.2, -0.15) is 5.26 Å². The van der Waals surface area contributed by atoms with E-state index in [4.69, 9.17) is 10.5 Å². The van der Waals surface area contributed by atoms with E-state index in [1.807, 2.05) is 4.57 Å². The van der Waals surface area contributed by atoms with Crippen molar-refractivity contribution in [3.63, 3.8) is 0 Å². The molecular formula is C17H20FN3O. The van der Waals surface area contributed by atoms with Crippen LogP contribution in [0, 0.1) is 23.1 Å². The zero-order valence-corrected chi connectivity index (χ0v) is 12.8. The van der Waals surface area contributed by atoms with E-state index in [0.717, 1.165) is 12.1 Å². The summed E-state index contributed by atoms with van der Waals surface area (Å²) in [5.41, 5.74) is 8.16. The third-order valence-corrected chi connectivity index (χ3v) is 3.36. The number of benzene rings is 1. The number of anilines is 1. The van der Waals surface area contributed by atoms with Crippen molar-refractivity contribution in [2.45, 2.75) is 26.8 Å². The minimum Gasteiger partial charge on any atom is -0.492 e. The molecule has 1 aromatic carbocycles. The number of nitriles is 1. The summed E-state index contributed by atoms with van der Waals surface area (Å²) >= 11 is 0. The van der Waals surface area contributed by atoms with Gasteiger partial charge in [0, 0.05) is 5.69 Å².